The summed E-state index contributed by atoms with van der Waals surface area (Å²) in [5, 5.41) is 11.8. The zero-order valence-electron chi connectivity index (χ0n) is 10.6. The van der Waals surface area contributed by atoms with Crippen LogP contribution in [0.2, 0.25) is 5.15 Å². The highest BCUT2D eigenvalue weighted by atomic mass is 35.5. The normalized spacial score (nSPS) is 17.6. The molecular formula is C9H12ClN5O4PS+. The number of nitrogens with zero attached hydrogens (tertiary/aromatic N) is 5. The molecule has 2 rings (SSSR count). The van der Waals surface area contributed by atoms with Crippen molar-refractivity contribution in [3.8, 4) is 0 Å². The third-order valence-electron chi connectivity index (χ3n) is 2.75. The van der Waals surface area contributed by atoms with Gasteiger partial charge in [-0.2, -0.15) is 0 Å². The molecule has 0 atom stereocenters. The van der Waals surface area contributed by atoms with Gasteiger partial charge >= 0.3 is 5.03 Å². The van der Waals surface area contributed by atoms with E-state index in [1.165, 1.54) is 0 Å². The second-order valence-corrected chi connectivity index (χ2v) is 7.57. The van der Waals surface area contributed by atoms with Gasteiger partial charge in [0.25, 0.3) is 12.6 Å². The predicted octanol–water partition coefficient (Wildman–Crippen LogP) is 0.501. The zero-order chi connectivity index (χ0) is 15.6. The fourth-order valence-corrected chi connectivity index (χ4v) is 3.21. The van der Waals surface area contributed by atoms with Crippen LogP contribution in [0.4, 0.5) is 0 Å². The number of halogens is 1. The summed E-state index contributed by atoms with van der Waals surface area (Å²) in [7, 11) is 0. The molecule has 21 heavy (non-hydrogen) atoms. The second kappa shape index (κ2) is 6.20. The van der Waals surface area contributed by atoms with Crippen molar-refractivity contribution in [2.75, 3.05) is 13.1 Å². The van der Waals surface area contributed by atoms with Crippen LogP contribution in [0.25, 0.3) is 0 Å². The van der Waals surface area contributed by atoms with E-state index >= 15 is 0 Å². The summed E-state index contributed by atoms with van der Waals surface area (Å²) in [6.45, 7) is -2.97. The first-order valence-electron chi connectivity index (χ1n) is 5.71. The highest BCUT2D eigenvalue weighted by Crippen LogP contribution is 2.43. The van der Waals surface area contributed by atoms with Crippen LogP contribution < -0.4 is 0 Å². The summed E-state index contributed by atoms with van der Waals surface area (Å²) in [5.41, 5.74) is 0.772. The van der Waals surface area contributed by atoms with Gasteiger partial charge in [0.05, 0.1) is 0 Å². The van der Waals surface area contributed by atoms with Crippen molar-refractivity contribution in [2.24, 2.45) is 5.10 Å². The number of hydrazone groups is 1. The Morgan fingerprint density at radius 1 is 1.48 bits per heavy atom. The van der Waals surface area contributed by atoms with E-state index in [9.17, 15) is 14.7 Å². The molecular weight excluding hydrogens is 341 g/mol. The first kappa shape index (κ1) is 16.1. The van der Waals surface area contributed by atoms with Crippen LogP contribution in [0.1, 0.15) is 5.56 Å². The molecule has 1 fully saturated rings. The average molecular weight is 353 g/mol. The maximum Gasteiger partial charge on any atom is 0.391 e. The Labute approximate surface area is 129 Å². The lowest BCUT2D eigenvalue weighted by atomic mass is 10.3. The lowest BCUT2D eigenvalue weighted by molar-refractivity contribution is -0.796. The van der Waals surface area contributed by atoms with Crippen LogP contribution in [0.15, 0.2) is 23.4 Å². The van der Waals surface area contributed by atoms with Crippen molar-refractivity contribution in [1.29, 1.82) is 0 Å². The van der Waals surface area contributed by atoms with Gasteiger partial charge in [-0.25, -0.2) is 10.2 Å². The standard InChI is InChI=1S/C9H11ClN5O4PS/c10-8-2-1-7(5-11-8)6-13-3-4-14(20(18,19)21)9(13)12-15(16)17/h1-2,5H,3-4,6H2,(H2-,16,17,18,19,21)/p+1. The van der Waals surface area contributed by atoms with E-state index in [1.54, 1.807) is 23.2 Å². The predicted molar refractivity (Wildman–Crippen MR) is 77.9 cm³/mol. The van der Waals surface area contributed by atoms with E-state index in [0.717, 1.165) is 10.2 Å². The topological polar surface area (TPSA) is 113 Å². The van der Waals surface area contributed by atoms with Gasteiger partial charge in [-0.05, 0) is 23.4 Å². The molecule has 0 saturated carbocycles. The van der Waals surface area contributed by atoms with Crippen molar-refractivity contribution < 1.29 is 20.0 Å². The van der Waals surface area contributed by atoms with E-state index in [4.69, 9.17) is 16.8 Å². The highest BCUT2D eigenvalue weighted by molar-refractivity contribution is 8.08. The van der Waals surface area contributed by atoms with Gasteiger partial charge in [0.15, 0.2) is 0 Å². The summed E-state index contributed by atoms with van der Waals surface area (Å²) >= 11 is 10.3. The molecule has 0 bridgehead atoms. The largest absolute Gasteiger partial charge is 0.391 e. The van der Waals surface area contributed by atoms with Crippen molar-refractivity contribution >= 4 is 36.0 Å². The maximum absolute atomic E-state index is 10.7. The van der Waals surface area contributed by atoms with Crippen molar-refractivity contribution in [2.45, 2.75) is 6.54 Å². The molecule has 1 saturated heterocycles. The Bertz CT molecular complexity index is 621. The van der Waals surface area contributed by atoms with Crippen molar-refractivity contribution in [3.05, 3.63) is 34.0 Å². The molecule has 0 aliphatic carbocycles. The van der Waals surface area contributed by atoms with Crippen LogP contribution in [-0.2, 0) is 18.4 Å². The van der Waals surface area contributed by atoms with Crippen molar-refractivity contribution in [1.82, 2.24) is 14.6 Å². The monoisotopic (exact) mass is 352 g/mol. The first-order valence-corrected chi connectivity index (χ1v) is 8.75. The summed E-state index contributed by atoms with van der Waals surface area (Å²) in [6, 6.07) is 3.34. The van der Waals surface area contributed by atoms with Crippen LogP contribution in [-0.4, -0.2) is 53.6 Å². The summed E-state index contributed by atoms with van der Waals surface area (Å²) in [4.78, 5) is 35.4. The fraction of sp³-hybridized carbons (Fsp3) is 0.333. The minimum atomic E-state index is -3.79. The summed E-state index contributed by atoms with van der Waals surface area (Å²) in [5.74, 6) is -0.101. The smallest absolute Gasteiger partial charge is 0.331 e. The molecule has 1 aromatic heterocycles. The van der Waals surface area contributed by atoms with Gasteiger partial charge < -0.3 is 14.7 Å². The van der Waals surface area contributed by atoms with E-state index in [-0.39, 0.29) is 12.5 Å². The number of hydrogen-bond acceptors (Lipinski definition) is 3. The van der Waals surface area contributed by atoms with Gasteiger partial charge in [-0.15, -0.1) is 0 Å². The molecule has 114 valence electrons. The molecule has 12 heteroatoms. The van der Waals surface area contributed by atoms with Crippen LogP contribution in [0.5, 0.6) is 0 Å². The minimum Gasteiger partial charge on any atom is -0.331 e. The Kier molecular flexibility index (Phi) is 4.74. The maximum atomic E-state index is 10.7. The third-order valence-corrected chi connectivity index (χ3v) is 4.57. The van der Waals surface area contributed by atoms with Crippen LogP contribution in [0, 0.1) is 4.91 Å². The number of hydrogen-bond donors (Lipinski definition) is 3. The Morgan fingerprint density at radius 3 is 2.71 bits per heavy atom. The summed E-state index contributed by atoms with van der Waals surface area (Å²) < 4.78 is 1.02. The molecule has 0 radical (unpaired) electrons. The summed E-state index contributed by atoms with van der Waals surface area (Å²) in [6.07, 6.45) is 1.55. The van der Waals surface area contributed by atoms with Gasteiger partial charge in [0.2, 0.25) is 0 Å². The van der Waals surface area contributed by atoms with Crippen LogP contribution >= 0.6 is 18.2 Å². The van der Waals surface area contributed by atoms with E-state index in [1.807, 2.05) is 0 Å². The Balaban J connectivity index is 2.24. The van der Waals surface area contributed by atoms with Gasteiger partial charge in [0.1, 0.15) is 15.2 Å². The quantitative estimate of drug-likeness (QED) is 0.408. The molecule has 2 heterocycles. The molecule has 1 aliphatic rings. The molecule has 0 amide bonds. The minimum absolute atomic E-state index is 0.101. The SMILES string of the molecule is O=[N+](O)N=C1N(Cc2ccc(Cl)nc2)CCN1P(O)(O)=S. The van der Waals surface area contributed by atoms with E-state index in [0.29, 0.717) is 18.2 Å². The molecule has 0 unspecified atom stereocenters. The number of aromatic nitrogens is 1. The molecule has 3 N–H and O–H groups in total. The highest BCUT2D eigenvalue weighted by Gasteiger charge is 2.37. The number of guanidine groups is 1. The van der Waals surface area contributed by atoms with Crippen molar-refractivity contribution in [3.63, 3.8) is 0 Å². The fourth-order valence-electron chi connectivity index (χ4n) is 1.89. The molecule has 0 aromatic carbocycles. The zero-order valence-corrected chi connectivity index (χ0v) is 13.0. The second-order valence-electron chi connectivity index (χ2n) is 4.20. The van der Waals surface area contributed by atoms with E-state index in [2.05, 4.69) is 21.9 Å². The molecule has 1 aliphatic heterocycles. The average Bonchev–Trinajstić information content (AvgIpc) is 2.74. The Morgan fingerprint density at radius 2 is 2.19 bits per heavy atom. The van der Waals surface area contributed by atoms with E-state index < -0.39 is 11.7 Å². The van der Waals surface area contributed by atoms with Gasteiger partial charge in [-0.1, -0.05) is 17.7 Å². The number of rotatable bonds is 4. The Hall–Kier alpha value is -1.32. The molecule has 0 spiro atoms. The van der Waals surface area contributed by atoms with Gasteiger partial charge in [-0.3, -0.25) is 4.67 Å². The number of pyridine rings is 1. The first-order chi connectivity index (χ1) is 9.77. The lowest BCUT2D eigenvalue weighted by Gasteiger charge is -2.22. The lowest BCUT2D eigenvalue weighted by Crippen LogP contribution is -2.32. The van der Waals surface area contributed by atoms with Crippen LogP contribution in [0.3, 0.4) is 0 Å². The third kappa shape index (κ3) is 4.08. The molecule has 9 nitrogen and oxygen atoms in total. The van der Waals surface area contributed by atoms with Gasteiger partial charge in [0, 0.05) is 25.8 Å². The molecule has 1 aromatic rings.